The van der Waals surface area contributed by atoms with Gasteiger partial charge in [0.05, 0.1) is 6.61 Å². The van der Waals surface area contributed by atoms with Crippen molar-refractivity contribution in [3.63, 3.8) is 0 Å². The van der Waals surface area contributed by atoms with Crippen molar-refractivity contribution in [3.8, 4) is 0 Å². The Morgan fingerprint density at radius 1 is 1.03 bits per heavy atom. The van der Waals surface area contributed by atoms with E-state index in [0.717, 1.165) is 32.1 Å². The van der Waals surface area contributed by atoms with Gasteiger partial charge in [0.1, 0.15) is 0 Å². The van der Waals surface area contributed by atoms with Gasteiger partial charge in [-0.3, -0.25) is 4.79 Å². The van der Waals surface area contributed by atoms with Crippen molar-refractivity contribution >= 4 is 11.5 Å². The standard InChI is InChI=1S/C26H33NO2/c1-4-29-26(28)15-9-12-22(27(2)3)18-19-25-23-13-7-5-10-20(23)16-17-21-11-6-8-14-24(21)25/h5-8,10-11,13-14,19,22H,4,9,12,15-18H2,1-3H3. The molecule has 3 rings (SSSR count). The third kappa shape index (κ3) is 5.57. The van der Waals surface area contributed by atoms with Crippen LogP contribution < -0.4 is 0 Å². The van der Waals surface area contributed by atoms with E-state index in [1.165, 1.54) is 27.8 Å². The summed E-state index contributed by atoms with van der Waals surface area (Å²) in [5.74, 6) is -0.0880. The number of nitrogens with zero attached hydrogens (tertiary/aromatic N) is 1. The van der Waals surface area contributed by atoms with E-state index in [4.69, 9.17) is 4.74 Å². The van der Waals surface area contributed by atoms with Crippen molar-refractivity contribution in [2.75, 3.05) is 20.7 Å². The van der Waals surface area contributed by atoms with Crippen molar-refractivity contribution in [1.82, 2.24) is 4.90 Å². The summed E-state index contributed by atoms with van der Waals surface area (Å²) in [5.41, 5.74) is 6.94. The summed E-state index contributed by atoms with van der Waals surface area (Å²) in [7, 11) is 4.26. The Kier molecular flexibility index (Phi) is 7.65. The first-order valence-corrected chi connectivity index (χ1v) is 10.8. The third-order valence-electron chi connectivity index (χ3n) is 5.83. The fraction of sp³-hybridized carbons (Fsp3) is 0.423. The highest BCUT2D eigenvalue weighted by Gasteiger charge is 2.18. The van der Waals surface area contributed by atoms with Crippen LogP contribution in [0.1, 0.15) is 54.9 Å². The van der Waals surface area contributed by atoms with Crippen LogP contribution in [0.5, 0.6) is 0 Å². The summed E-state index contributed by atoms with van der Waals surface area (Å²) in [6.45, 7) is 2.32. The second-order valence-electron chi connectivity index (χ2n) is 7.98. The molecular formula is C26H33NO2. The van der Waals surface area contributed by atoms with Crippen LogP contribution in [0, 0.1) is 0 Å². The van der Waals surface area contributed by atoms with Crippen LogP contribution in [0.25, 0.3) is 5.57 Å². The Morgan fingerprint density at radius 2 is 1.62 bits per heavy atom. The van der Waals surface area contributed by atoms with Crippen LogP contribution >= 0.6 is 0 Å². The maximum absolute atomic E-state index is 11.7. The largest absolute Gasteiger partial charge is 0.466 e. The quantitative estimate of drug-likeness (QED) is 0.574. The van der Waals surface area contributed by atoms with E-state index in [9.17, 15) is 4.79 Å². The molecule has 2 aromatic rings. The Labute approximate surface area is 175 Å². The van der Waals surface area contributed by atoms with Gasteiger partial charge in [-0.25, -0.2) is 0 Å². The topological polar surface area (TPSA) is 29.5 Å². The zero-order chi connectivity index (χ0) is 20.6. The van der Waals surface area contributed by atoms with Crippen molar-refractivity contribution in [3.05, 3.63) is 76.9 Å². The van der Waals surface area contributed by atoms with Gasteiger partial charge < -0.3 is 9.64 Å². The summed E-state index contributed by atoms with van der Waals surface area (Å²) in [4.78, 5) is 13.9. The number of benzene rings is 2. The molecule has 0 saturated carbocycles. The first-order valence-electron chi connectivity index (χ1n) is 10.8. The molecule has 0 aromatic heterocycles. The predicted molar refractivity (Wildman–Crippen MR) is 120 cm³/mol. The first-order chi connectivity index (χ1) is 14.1. The molecule has 3 nitrogen and oxygen atoms in total. The molecule has 1 aliphatic carbocycles. The Hall–Kier alpha value is -2.39. The van der Waals surface area contributed by atoms with E-state index in [1.54, 1.807) is 0 Å². The van der Waals surface area contributed by atoms with Gasteiger partial charge >= 0.3 is 5.97 Å². The predicted octanol–water partition coefficient (Wildman–Crippen LogP) is 5.27. The minimum atomic E-state index is -0.0880. The van der Waals surface area contributed by atoms with Gasteiger partial charge in [0.15, 0.2) is 0 Å². The Balaban J connectivity index is 1.81. The number of aryl methyl sites for hydroxylation is 2. The van der Waals surface area contributed by atoms with E-state index in [2.05, 4.69) is 73.6 Å². The SMILES string of the molecule is CCOC(=O)CCCC(CC=C1c2ccccc2CCc2ccccc21)N(C)C. The summed E-state index contributed by atoms with van der Waals surface area (Å²) in [6, 6.07) is 18.0. The van der Waals surface area contributed by atoms with E-state index in [1.807, 2.05) is 6.92 Å². The van der Waals surface area contributed by atoms with E-state index in [-0.39, 0.29) is 5.97 Å². The summed E-state index contributed by atoms with van der Waals surface area (Å²) in [6.07, 6.45) is 7.89. The van der Waals surface area contributed by atoms with Gasteiger partial charge in [0.2, 0.25) is 0 Å². The summed E-state index contributed by atoms with van der Waals surface area (Å²) < 4.78 is 5.07. The van der Waals surface area contributed by atoms with E-state index in [0.29, 0.717) is 19.1 Å². The number of fused-ring (bicyclic) bond motifs is 2. The normalized spacial score (nSPS) is 14.0. The van der Waals surface area contributed by atoms with Crippen molar-refractivity contribution < 1.29 is 9.53 Å². The summed E-state index contributed by atoms with van der Waals surface area (Å²) in [5, 5.41) is 0. The Morgan fingerprint density at radius 3 is 2.17 bits per heavy atom. The number of rotatable bonds is 8. The number of hydrogen-bond donors (Lipinski definition) is 0. The maximum Gasteiger partial charge on any atom is 0.305 e. The molecule has 0 fully saturated rings. The zero-order valence-electron chi connectivity index (χ0n) is 18.0. The smallest absolute Gasteiger partial charge is 0.305 e. The average Bonchev–Trinajstić information content (AvgIpc) is 2.87. The zero-order valence-corrected chi connectivity index (χ0v) is 18.0. The monoisotopic (exact) mass is 391 g/mol. The number of carbonyl (C=O) groups excluding carboxylic acids is 1. The highest BCUT2D eigenvalue weighted by molar-refractivity contribution is 5.83. The molecule has 1 aliphatic rings. The van der Waals surface area contributed by atoms with Crippen molar-refractivity contribution in [2.45, 2.75) is 51.5 Å². The van der Waals surface area contributed by atoms with Crippen LogP contribution in [0.3, 0.4) is 0 Å². The molecule has 1 atom stereocenters. The first kappa shape index (κ1) is 21.3. The van der Waals surface area contributed by atoms with Crippen molar-refractivity contribution in [1.29, 1.82) is 0 Å². The van der Waals surface area contributed by atoms with E-state index < -0.39 is 0 Å². The highest BCUT2D eigenvalue weighted by atomic mass is 16.5. The van der Waals surface area contributed by atoms with Crippen LogP contribution in [0.2, 0.25) is 0 Å². The molecule has 154 valence electrons. The lowest BCUT2D eigenvalue weighted by Gasteiger charge is -2.24. The molecule has 0 N–H and O–H groups in total. The van der Waals surface area contributed by atoms with Crippen LogP contribution in [0.15, 0.2) is 54.6 Å². The third-order valence-corrected chi connectivity index (χ3v) is 5.83. The number of carbonyl (C=O) groups is 1. The number of esters is 1. The molecule has 29 heavy (non-hydrogen) atoms. The van der Waals surface area contributed by atoms with Crippen LogP contribution in [-0.4, -0.2) is 37.6 Å². The highest BCUT2D eigenvalue weighted by Crippen LogP contribution is 2.34. The van der Waals surface area contributed by atoms with Gasteiger partial charge in [0.25, 0.3) is 0 Å². The van der Waals surface area contributed by atoms with Gasteiger partial charge in [-0.1, -0.05) is 54.6 Å². The van der Waals surface area contributed by atoms with Gasteiger partial charge in [0, 0.05) is 12.5 Å². The molecule has 0 radical (unpaired) electrons. The lowest BCUT2D eigenvalue weighted by atomic mass is 9.92. The van der Waals surface area contributed by atoms with Crippen LogP contribution in [-0.2, 0) is 22.4 Å². The van der Waals surface area contributed by atoms with Crippen LogP contribution in [0.4, 0.5) is 0 Å². The van der Waals surface area contributed by atoms with Gasteiger partial charge in [-0.15, -0.1) is 0 Å². The molecule has 0 spiro atoms. The molecule has 0 aliphatic heterocycles. The molecule has 1 unspecified atom stereocenters. The average molecular weight is 392 g/mol. The second kappa shape index (κ2) is 10.4. The molecule has 2 aromatic carbocycles. The van der Waals surface area contributed by atoms with Crippen molar-refractivity contribution in [2.24, 2.45) is 0 Å². The van der Waals surface area contributed by atoms with E-state index >= 15 is 0 Å². The molecule has 0 bridgehead atoms. The fourth-order valence-corrected chi connectivity index (χ4v) is 4.19. The lowest BCUT2D eigenvalue weighted by Crippen LogP contribution is -2.27. The maximum atomic E-state index is 11.7. The molecule has 0 saturated heterocycles. The lowest BCUT2D eigenvalue weighted by molar-refractivity contribution is -0.143. The second-order valence-corrected chi connectivity index (χ2v) is 7.98. The fourth-order valence-electron chi connectivity index (χ4n) is 4.19. The minimum absolute atomic E-state index is 0.0880. The molecular weight excluding hydrogens is 358 g/mol. The number of ether oxygens (including phenoxy) is 1. The summed E-state index contributed by atoms with van der Waals surface area (Å²) >= 11 is 0. The molecule has 0 heterocycles. The Bertz CT molecular complexity index is 804. The minimum Gasteiger partial charge on any atom is -0.466 e. The van der Waals surface area contributed by atoms with Gasteiger partial charge in [-0.2, -0.15) is 0 Å². The number of hydrogen-bond acceptors (Lipinski definition) is 3. The molecule has 3 heteroatoms. The van der Waals surface area contributed by atoms with Gasteiger partial charge in [-0.05, 0) is 81.0 Å². The molecule has 0 amide bonds.